The first kappa shape index (κ1) is 18.8. The Labute approximate surface area is 164 Å². The van der Waals surface area contributed by atoms with Gasteiger partial charge in [-0.1, -0.05) is 65.8 Å². The standard InChI is InChI=1S/C15H16Cl3N5OS/c16-9-6-11(17)14(12(18)7-9)19-13(24)8-25-15-20-21-22-23(15)10-4-2-1-3-5-10/h6-7,10H,1-5,8H2,(H,19,24). The number of aromatic nitrogens is 4. The Balaban J connectivity index is 1.61. The number of hydrogen-bond acceptors (Lipinski definition) is 5. The zero-order valence-electron chi connectivity index (χ0n) is 13.2. The summed E-state index contributed by atoms with van der Waals surface area (Å²) in [5, 5.41) is 16.2. The lowest BCUT2D eigenvalue weighted by molar-refractivity contribution is -0.113. The Morgan fingerprint density at radius 3 is 2.56 bits per heavy atom. The third kappa shape index (κ3) is 4.78. The Morgan fingerprint density at radius 1 is 1.20 bits per heavy atom. The van der Waals surface area contributed by atoms with Gasteiger partial charge in [0.15, 0.2) is 0 Å². The molecule has 1 amide bonds. The van der Waals surface area contributed by atoms with Crippen molar-refractivity contribution in [2.75, 3.05) is 11.1 Å². The van der Waals surface area contributed by atoms with Gasteiger partial charge in [-0.15, -0.1) is 5.10 Å². The summed E-state index contributed by atoms with van der Waals surface area (Å²) in [4.78, 5) is 12.2. The molecule has 0 bridgehead atoms. The molecule has 1 aliphatic carbocycles. The maximum atomic E-state index is 12.2. The molecular formula is C15H16Cl3N5OS. The van der Waals surface area contributed by atoms with Crippen molar-refractivity contribution in [3.63, 3.8) is 0 Å². The Hall–Kier alpha value is -1.02. The van der Waals surface area contributed by atoms with E-state index in [1.807, 2.05) is 4.68 Å². The lowest BCUT2D eigenvalue weighted by Crippen LogP contribution is -2.17. The van der Waals surface area contributed by atoms with Crippen LogP contribution < -0.4 is 5.32 Å². The van der Waals surface area contributed by atoms with Crippen molar-refractivity contribution in [1.29, 1.82) is 0 Å². The molecule has 2 aromatic rings. The lowest BCUT2D eigenvalue weighted by atomic mass is 9.96. The number of anilines is 1. The number of benzene rings is 1. The normalized spacial score (nSPS) is 15.3. The van der Waals surface area contributed by atoms with E-state index in [-0.39, 0.29) is 11.7 Å². The number of rotatable bonds is 5. The fraction of sp³-hybridized carbons (Fsp3) is 0.467. The van der Waals surface area contributed by atoms with E-state index in [4.69, 9.17) is 34.8 Å². The average Bonchev–Trinajstić information content (AvgIpc) is 3.05. The molecule has 6 nitrogen and oxygen atoms in total. The number of tetrazole rings is 1. The predicted octanol–water partition coefficient (Wildman–Crippen LogP) is 4.87. The molecule has 1 fully saturated rings. The number of thioether (sulfide) groups is 1. The van der Waals surface area contributed by atoms with Gasteiger partial charge in [0.25, 0.3) is 0 Å². The first-order chi connectivity index (χ1) is 12.0. The Morgan fingerprint density at radius 2 is 1.88 bits per heavy atom. The summed E-state index contributed by atoms with van der Waals surface area (Å²) < 4.78 is 1.83. The fourth-order valence-electron chi connectivity index (χ4n) is 2.80. The minimum Gasteiger partial charge on any atom is -0.323 e. The molecule has 0 radical (unpaired) electrons. The van der Waals surface area contributed by atoms with E-state index in [0.29, 0.717) is 32.0 Å². The highest BCUT2D eigenvalue weighted by molar-refractivity contribution is 7.99. The van der Waals surface area contributed by atoms with Gasteiger partial charge in [0.2, 0.25) is 11.1 Å². The van der Waals surface area contributed by atoms with Crippen molar-refractivity contribution in [3.05, 3.63) is 27.2 Å². The van der Waals surface area contributed by atoms with E-state index in [1.165, 1.54) is 43.2 Å². The number of halogens is 3. The largest absolute Gasteiger partial charge is 0.323 e. The van der Waals surface area contributed by atoms with Gasteiger partial charge in [-0.25, -0.2) is 4.68 Å². The fourth-order valence-corrected chi connectivity index (χ4v) is 4.46. The molecule has 1 aromatic heterocycles. The van der Waals surface area contributed by atoms with Crippen molar-refractivity contribution in [3.8, 4) is 0 Å². The van der Waals surface area contributed by atoms with Crippen LogP contribution in [-0.2, 0) is 4.79 Å². The van der Waals surface area contributed by atoms with Crippen molar-refractivity contribution >= 4 is 58.2 Å². The molecule has 134 valence electrons. The van der Waals surface area contributed by atoms with Gasteiger partial charge in [0.1, 0.15) is 0 Å². The summed E-state index contributed by atoms with van der Waals surface area (Å²) in [6.45, 7) is 0. The van der Waals surface area contributed by atoms with Crippen LogP contribution in [0.25, 0.3) is 0 Å². The lowest BCUT2D eigenvalue weighted by Gasteiger charge is -2.21. The minimum absolute atomic E-state index is 0.155. The van der Waals surface area contributed by atoms with E-state index in [1.54, 1.807) is 0 Å². The maximum Gasteiger partial charge on any atom is 0.234 e. The molecular weight excluding hydrogens is 405 g/mol. The minimum atomic E-state index is -0.241. The number of nitrogens with one attached hydrogen (secondary N) is 1. The highest BCUT2D eigenvalue weighted by Crippen LogP contribution is 2.34. The van der Waals surface area contributed by atoms with Crippen LogP contribution in [-0.4, -0.2) is 31.9 Å². The molecule has 1 aliphatic rings. The van der Waals surface area contributed by atoms with Gasteiger partial charge in [-0.05, 0) is 35.4 Å². The molecule has 0 saturated heterocycles. The smallest absolute Gasteiger partial charge is 0.234 e. The van der Waals surface area contributed by atoms with Crippen LogP contribution in [0.5, 0.6) is 0 Å². The first-order valence-electron chi connectivity index (χ1n) is 7.89. The summed E-state index contributed by atoms with van der Waals surface area (Å²) in [6, 6.07) is 3.37. The Bertz CT molecular complexity index is 740. The maximum absolute atomic E-state index is 12.2. The second-order valence-electron chi connectivity index (χ2n) is 5.78. The van der Waals surface area contributed by atoms with E-state index >= 15 is 0 Å². The second-order valence-corrected chi connectivity index (χ2v) is 7.97. The number of hydrogen-bond donors (Lipinski definition) is 1. The van der Waals surface area contributed by atoms with Crippen LogP contribution in [0, 0.1) is 0 Å². The highest BCUT2D eigenvalue weighted by Gasteiger charge is 2.21. The van der Waals surface area contributed by atoms with Gasteiger partial charge in [0.05, 0.1) is 27.5 Å². The van der Waals surface area contributed by atoms with Crippen LogP contribution in [0.3, 0.4) is 0 Å². The van der Waals surface area contributed by atoms with E-state index in [0.717, 1.165) is 12.8 Å². The molecule has 0 atom stereocenters. The summed E-state index contributed by atoms with van der Waals surface area (Å²) in [6.07, 6.45) is 5.76. The molecule has 25 heavy (non-hydrogen) atoms. The second kappa shape index (κ2) is 8.58. The predicted molar refractivity (Wildman–Crippen MR) is 101 cm³/mol. The van der Waals surface area contributed by atoms with Crippen LogP contribution in [0.1, 0.15) is 38.1 Å². The number of carbonyl (C=O) groups is 1. The molecule has 1 saturated carbocycles. The first-order valence-corrected chi connectivity index (χ1v) is 10.0. The number of amides is 1. The zero-order chi connectivity index (χ0) is 17.8. The molecule has 10 heteroatoms. The summed E-state index contributed by atoms with van der Waals surface area (Å²) in [5.41, 5.74) is 0.352. The summed E-state index contributed by atoms with van der Waals surface area (Å²) >= 11 is 19.3. The number of nitrogens with zero attached hydrogens (tertiary/aromatic N) is 4. The van der Waals surface area contributed by atoms with Crippen LogP contribution >= 0.6 is 46.6 Å². The average molecular weight is 421 g/mol. The molecule has 1 aromatic carbocycles. The van der Waals surface area contributed by atoms with Crippen molar-refractivity contribution < 1.29 is 4.79 Å². The third-order valence-electron chi connectivity index (χ3n) is 3.99. The van der Waals surface area contributed by atoms with Crippen molar-refractivity contribution in [2.24, 2.45) is 0 Å². The summed E-state index contributed by atoms with van der Waals surface area (Å²) in [5.74, 6) is -0.0862. The van der Waals surface area contributed by atoms with Gasteiger partial charge < -0.3 is 5.32 Å². The van der Waals surface area contributed by atoms with Gasteiger partial charge in [0, 0.05) is 5.02 Å². The van der Waals surface area contributed by atoms with Crippen LogP contribution in [0.4, 0.5) is 5.69 Å². The van der Waals surface area contributed by atoms with Gasteiger partial charge in [-0.3, -0.25) is 4.79 Å². The van der Waals surface area contributed by atoms with Crippen LogP contribution in [0.2, 0.25) is 15.1 Å². The highest BCUT2D eigenvalue weighted by atomic mass is 35.5. The molecule has 0 aliphatic heterocycles. The van der Waals surface area contributed by atoms with E-state index in [2.05, 4.69) is 20.8 Å². The van der Waals surface area contributed by atoms with Crippen molar-refractivity contribution in [2.45, 2.75) is 43.3 Å². The third-order valence-corrected chi connectivity index (χ3v) is 5.73. The van der Waals surface area contributed by atoms with E-state index in [9.17, 15) is 4.79 Å². The van der Waals surface area contributed by atoms with Gasteiger partial charge in [-0.2, -0.15) is 0 Å². The quantitative estimate of drug-likeness (QED) is 0.699. The molecule has 0 spiro atoms. The molecule has 1 N–H and O–H groups in total. The molecule has 0 unspecified atom stereocenters. The number of carbonyl (C=O) groups excluding carboxylic acids is 1. The topological polar surface area (TPSA) is 72.7 Å². The SMILES string of the molecule is O=C(CSc1nnnn1C1CCCCC1)Nc1c(Cl)cc(Cl)cc1Cl. The Kier molecular flexibility index (Phi) is 6.44. The monoisotopic (exact) mass is 419 g/mol. The summed E-state index contributed by atoms with van der Waals surface area (Å²) in [7, 11) is 0. The van der Waals surface area contributed by atoms with E-state index < -0.39 is 0 Å². The van der Waals surface area contributed by atoms with Gasteiger partial charge >= 0.3 is 0 Å². The van der Waals surface area contributed by atoms with Crippen molar-refractivity contribution in [1.82, 2.24) is 20.2 Å². The zero-order valence-corrected chi connectivity index (χ0v) is 16.3. The molecule has 1 heterocycles. The van der Waals surface area contributed by atoms with Crippen LogP contribution in [0.15, 0.2) is 17.3 Å². The molecule has 3 rings (SSSR count).